The lowest BCUT2D eigenvalue weighted by molar-refractivity contribution is -0.133. The van der Waals surface area contributed by atoms with Gasteiger partial charge in [-0.3, -0.25) is 0 Å². The molecular weight excluding hydrogens is 296 g/mol. The first kappa shape index (κ1) is 14.7. The van der Waals surface area contributed by atoms with E-state index >= 15 is 0 Å². The molecule has 0 aliphatic rings. The molecule has 0 amide bonds. The molecule has 2 rings (SSSR count). The van der Waals surface area contributed by atoms with Gasteiger partial charge in [0.2, 0.25) is 5.88 Å². The highest BCUT2D eigenvalue weighted by Crippen LogP contribution is 2.29. The number of nitrogens with zero attached hydrogens (tertiary/aromatic N) is 2. The number of hydrogen-bond donors (Lipinski definition) is 0. The summed E-state index contributed by atoms with van der Waals surface area (Å²) in [5.41, 5.74) is -0.0256. The summed E-state index contributed by atoms with van der Waals surface area (Å²) in [6, 6.07) is 7.85. The number of hydrogen-bond acceptors (Lipinski definition) is 6. The standard InChI is InChI=1S/C14H9ClN2O4/c1-20-14(19)10(7-18)9-4-2-3-5-11(9)21-13-6-12(15)16-8-17-13/h2-6,8H,1H3. The molecule has 2 aromatic rings. The summed E-state index contributed by atoms with van der Waals surface area (Å²) < 4.78 is 10.1. The summed E-state index contributed by atoms with van der Waals surface area (Å²) >= 11 is 5.74. The first-order valence-electron chi connectivity index (χ1n) is 5.74. The summed E-state index contributed by atoms with van der Waals surface area (Å²) in [6.07, 6.45) is 1.23. The van der Waals surface area contributed by atoms with Crippen molar-refractivity contribution in [3.63, 3.8) is 0 Å². The van der Waals surface area contributed by atoms with Gasteiger partial charge in [0, 0.05) is 11.6 Å². The van der Waals surface area contributed by atoms with Crippen LogP contribution in [0.25, 0.3) is 5.57 Å². The van der Waals surface area contributed by atoms with Gasteiger partial charge in [0.25, 0.3) is 0 Å². The Morgan fingerprint density at radius 1 is 1.29 bits per heavy atom. The number of halogens is 1. The van der Waals surface area contributed by atoms with Crippen molar-refractivity contribution < 1.29 is 19.1 Å². The normalized spacial score (nSPS) is 9.62. The molecule has 0 aliphatic carbocycles. The van der Waals surface area contributed by atoms with Crippen molar-refractivity contribution in [3.8, 4) is 11.6 Å². The summed E-state index contributed by atoms with van der Waals surface area (Å²) in [7, 11) is 1.17. The van der Waals surface area contributed by atoms with E-state index in [1.54, 1.807) is 24.1 Å². The van der Waals surface area contributed by atoms with Crippen LogP contribution in [0.4, 0.5) is 0 Å². The zero-order chi connectivity index (χ0) is 15.2. The molecule has 0 spiro atoms. The van der Waals surface area contributed by atoms with E-state index in [2.05, 4.69) is 14.7 Å². The van der Waals surface area contributed by atoms with Gasteiger partial charge in [0.05, 0.1) is 7.11 Å². The smallest absolute Gasteiger partial charge is 0.349 e. The topological polar surface area (TPSA) is 78.4 Å². The molecule has 0 bridgehead atoms. The minimum atomic E-state index is -0.804. The molecule has 0 saturated carbocycles. The van der Waals surface area contributed by atoms with Crippen LogP contribution in [-0.2, 0) is 14.3 Å². The van der Waals surface area contributed by atoms with E-state index in [1.165, 1.54) is 25.6 Å². The monoisotopic (exact) mass is 304 g/mol. The minimum Gasteiger partial charge on any atom is -0.465 e. The van der Waals surface area contributed by atoms with Crippen molar-refractivity contribution in [2.45, 2.75) is 0 Å². The largest absolute Gasteiger partial charge is 0.465 e. The first-order chi connectivity index (χ1) is 10.2. The lowest BCUT2D eigenvalue weighted by Crippen LogP contribution is -2.06. The van der Waals surface area contributed by atoms with Crippen LogP contribution in [0.15, 0.2) is 36.7 Å². The van der Waals surface area contributed by atoms with Crippen molar-refractivity contribution in [2.24, 2.45) is 0 Å². The van der Waals surface area contributed by atoms with Crippen LogP contribution < -0.4 is 4.74 Å². The molecule has 6 nitrogen and oxygen atoms in total. The van der Waals surface area contributed by atoms with E-state index in [1.807, 2.05) is 0 Å². The molecule has 0 saturated heterocycles. The van der Waals surface area contributed by atoms with E-state index in [9.17, 15) is 9.59 Å². The number of rotatable bonds is 4. The average molecular weight is 305 g/mol. The predicted octanol–water partition coefficient (Wildman–Crippen LogP) is 2.31. The second-order valence-electron chi connectivity index (χ2n) is 3.75. The summed E-state index contributed by atoms with van der Waals surface area (Å²) in [5, 5.41) is 0.205. The fraction of sp³-hybridized carbons (Fsp3) is 0.0714. The number of carbonyl (C=O) groups is 1. The number of ether oxygens (including phenoxy) is 2. The van der Waals surface area contributed by atoms with E-state index in [-0.39, 0.29) is 27.9 Å². The molecule has 1 aromatic heterocycles. The van der Waals surface area contributed by atoms with E-state index in [0.29, 0.717) is 0 Å². The molecule has 106 valence electrons. The van der Waals surface area contributed by atoms with Crippen LogP contribution in [0, 0.1) is 0 Å². The highest BCUT2D eigenvalue weighted by Gasteiger charge is 2.18. The molecule has 1 aromatic carbocycles. The Bertz CT molecular complexity index is 726. The molecule has 21 heavy (non-hydrogen) atoms. The van der Waals surface area contributed by atoms with Crippen molar-refractivity contribution >= 4 is 29.1 Å². The fourth-order valence-electron chi connectivity index (χ4n) is 1.56. The van der Waals surface area contributed by atoms with Crippen molar-refractivity contribution in [3.05, 3.63) is 47.4 Å². The maximum absolute atomic E-state index is 11.6. The number of para-hydroxylation sites is 1. The molecule has 0 radical (unpaired) electrons. The van der Waals surface area contributed by atoms with Gasteiger partial charge in [0.1, 0.15) is 23.2 Å². The third-order valence-corrected chi connectivity index (χ3v) is 2.68. The maximum atomic E-state index is 11.6. The Morgan fingerprint density at radius 3 is 2.71 bits per heavy atom. The zero-order valence-electron chi connectivity index (χ0n) is 10.9. The Balaban J connectivity index is 2.42. The third kappa shape index (κ3) is 3.45. The molecule has 1 heterocycles. The number of benzene rings is 1. The lowest BCUT2D eigenvalue weighted by atomic mass is 10.1. The first-order valence-corrected chi connectivity index (χ1v) is 6.11. The Labute approximate surface area is 125 Å². The molecule has 0 atom stereocenters. The summed E-state index contributed by atoms with van der Waals surface area (Å²) in [4.78, 5) is 30.2. The van der Waals surface area contributed by atoms with Gasteiger partial charge in [0.15, 0.2) is 5.57 Å². The van der Waals surface area contributed by atoms with Gasteiger partial charge in [-0.1, -0.05) is 23.7 Å². The van der Waals surface area contributed by atoms with Gasteiger partial charge in [-0.15, -0.1) is 0 Å². The van der Waals surface area contributed by atoms with Crippen molar-refractivity contribution in [1.82, 2.24) is 9.97 Å². The molecule has 0 fully saturated rings. The van der Waals surface area contributed by atoms with E-state index in [0.717, 1.165) is 0 Å². The SMILES string of the molecule is COC(=O)C(=C=O)c1ccccc1Oc1cc(Cl)ncn1. The van der Waals surface area contributed by atoms with Crippen LogP contribution in [-0.4, -0.2) is 29.0 Å². The summed E-state index contributed by atoms with van der Waals surface area (Å²) in [6.45, 7) is 0. The molecular formula is C14H9ClN2O4. The van der Waals surface area contributed by atoms with Gasteiger partial charge >= 0.3 is 5.97 Å². The van der Waals surface area contributed by atoms with Crippen molar-refractivity contribution in [2.75, 3.05) is 7.11 Å². The predicted molar refractivity (Wildman–Crippen MR) is 74.7 cm³/mol. The zero-order valence-corrected chi connectivity index (χ0v) is 11.6. The lowest BCUT2D eigenvalue weighted by Gasteiger charge is -2.10. The molecule has 0 aliphatic heterocycles. The fourth-order valence-corrected chi connectivity index (χ4v) is 1.69. The molecule has 0 unspecified atom stereocenters. The van der Waals surface area contributed by atoms with Crippen molar-refractivity contribution in [1.29, 1.82) is 0 Å². The Hall–Kier alpha value is -2.69. The van der Waals surface area contributed by atoms with Gasteiger partial charge in [-0.2, -0.15) is 0 Å². The highest BCUT2D eigenvalue weighted by molar-refractivity contribution is 6.29. The van der Waals surface area contributed by atoms with Crippen LogP contribution >= 0.6 is 11.6 Å². The third-order valence-electron chi connectivity index (χ3n) is 2.47. The highest BCUT2D eigenvalue weighted by atomic mass is 35.5. The molecule has 0 N–H and O–H groups in total. The minimum absolute atomic E-state index is 0.178. The van der Waals surface area contributed by atoms with Gasteiger partial charge in [-0.05, 0) is 12.1 Å². The Morgan fingerprint density at radius 2 is 2.05 bits per heavy atom. The van der Waals surface area contributed by atoms with Gasteiger partial charge < -0.3 is 9.47 Å². The van der Waals surface area contributed by atoms with E-state index < -0.39 is 5.97 Å². The Kier molecular flexibility index (Phi) is 4.66. The maximum Gasteiger partial charge on any atom is 0.349 e. The number of methoxy groups -OCH3 is 1. The quantitative estimate of drug-likeness (QED) is 0.373. The van der Waals surface area contributed by atoms with Crippen LogP contribution in [0.3, 0.4) is 0 Å². The van der Waals surface area contributed by atoms with Crippen LogP contribution in [0.2, 0.25) is 5.15 Å². The molecule has 7 heteroatoms. The van der Waals surface area contributed by atoms with Crippen LogP contribution in [0.1, 0.15) is 5.56 Å². The number of esters is 1. The number of aromatic nitrogens is 2. The summed E-state index contributed by atoms with van der Waals surface area (Å²) in [5.74, 6) is 1.18. The average Bonchev–Trinajstić information content (AvgIpc) is 2.49. The second-order valence-corrected chi connectivity index (χ2v) is 4.13. The van der Waals surface area contributed by atoms with E-state index in [4.69, 9.17) is 16.3 Å². The second kappa shape index (κ2) is 6.65. The number of carbonyl (C=O) groups excluding carboxylic acids is 2. The van der Waals surface area contributed by atoms with Gasteiger partial charge in [-0.25, -0.2) is 19.6 Å². The van der Waals surface area contributed by atoms with Crippen LogP contribution in [0.5, 0.6) is 11.6 Å².